The normalized spacial score (nSPS) is 10.1. The zero-order valence-electron chi connectivity index (χ0n) is 13.9. The van der Waals surface area contributed by atoms with E-state index in [-0.39, 0.29) is 5.91 Å². The van der Waals surface area contributed by atoms with E-state index in [4.69, 9.17) is 4.74 Å². The predicted molar refractivity (Wildman–Crippen MR) is 97.9 cm³/mol. The molecule has 1 aromatic heterocycles. The summed E-state index contributed by atoms with van der Waals surface area (Å²) >= 11 is 0. The number of carbonyl (C=O) groups is 1. The van der Waals surface area contributed by atoms with E-state index in [2.05, 4.69) is 15.6 Å². The molecule has 5 nitrogen and oxygen atoms in total. The molecule has 0 saturated carbocycles. The van der Waals surface area contributed by atoms with Crippen molar-refractivity contribution in [1.29, 1.82) is 0 Å². The molecule has 0 aliphatic rings. The number of rotatable bonds is 6. The number of hydrogen-bond donors (Lipinski definition) is 2. The highest BCUT2D eigenvalue weighted by molar-refractivity contribution is 5.94. The van der Waals surface area contributed by atoms with Crippen molar-refractivity contribution < 1.29 is 9.53 Å². The van der Waals surface area contributed by atoms with E-state index < -0.39 is 0 Å². The van der Waals surface area contributed by atoms with Crippen molar-refractivity contribution in [3.8, 4) is 11.5 Å². The quantitative estimate of drug-likeness (QED) is 0.719. The van der Waals surface area contributed by atoms with Crippen LogP contribution in [0.5, 0.6) is 11.5 Å². The first-order valence-corrected chi connectivity index (χ1v) is 7.98. The maximum absolute atomic E-state index is 11.7. The van der Waals surface area contributed by atoms with Crippen LogP contribution in [-0.2, 0) is 6.54 Å². The highest BCUT2D eigenvalue weighted by Crippen LogP contribution is 2.22. The largest absolute Gasteiger partial charge is 0.457 e. The second-order valence-electron chi connectivity index (χ2n) is 5.42. The topological polar surface area (TPSA) is 63.2 Å². The van der Waals surface area contributed by atoms with Gasteiger partial charge in [0.15, 0.2) is 0 Å². The summed E-state index contributed by atoms with van der Waals surface area (Å²) in [6.07, 6.45) is 1.61. The Balaban J connectivity index is 1.66. The molecule has 0 bridgehead atoms. The first-order chi connectivity index (χ1) is 12.2. The Morgan fingerprint density at radius 2 is 1.80 bits per heavy atom. The Morgan fingerprint density at radius 1 is 1.00 bits per heavy atom. The van der Waals surface area contributed by atoms with Gasteiger partial charge in [0.25, 0.3) is 5.91 Å². The number of nitrogens with zero attached hydrogens (tertiary/aromatic N) is 1. The second kappa shape index (κ2) is 7.97. The molecule has 0 aliphatic heterocycles. The van der Waals surface area contributed by atoms with Crippen LogP contribution in [0.1, 0.15) is 15.9 Å². The van der Waals surface area contributed by atoms with Crippen LogP contribution in [0.2, 0.25) is 0 Å². The van der Waals surface area contributed by atoms with Gasteiger partial charge < -0.3 is 15.4 Å². The summed E-state index contributed by atoms with van der Waals surface area (Å²) in [5, 5.41) is 5.83. The van der Waals surface area contributed by atoms with Gasteiger partial charge in [-0.15, -0.1) is 0 Å². The van der Waals surface area contributed by atoms with Crippen LogP contribution in [0.3, 0.4) is 0 Å². The third-order valence-electron chi connectivity index (χ3n) is 3.60. The Labute approximate surface area is 146 Å². The molecule has 0 saturated heterocycles. The molecule has 3 rings (SSSR count). The van der Waals surface area contributed by atoms with Crippen molar-refractivity contribution in [2.24, 2.45) is 0 Å². The van der Waals surface area contributed by atoms with Crippen LogP contribution in [0.4, 0.5) is 5.82 Å². The number of aromatic nitrogens is 1. The molecule has 0 spiro atoms. The molecule has 126 valence electrons. The highest BCUT2D eigenvalue weighted by Gasteiger charge is 2.05. The number of nitrogens with one attached hydrogen (secondary N) is 2. The van der Waals surface area contributed by atoms with Crippen LogP contribution < -0.4 is 15.4 Å². The number of hydrogen-bond acceptors (Lipinski definition) is 4. The Hall–Kier alpha value is -3.34. The van der Waals surface area contributed by atoms with Crippen molar-refractivity contribution in [1.82, 2.24) is 10.3 Å². The summed E-state index contributed by atoms with van der Waals surface area (Å²) in [5.41, 5.74) is 1.63. The Kier molecular flexibility index (Phi) is 5.26. The first-order valence-electron chi connectivity index (χ1n) is 7.98. The number of pyridine rings is 1. The minimum Gasteiger partial charge on any atom is -0.457 e. The van der Waals surface area contributed by atoms with Crippen molar-refractivity contribution in [2.75, 3.05) is 12.4 Å². The Morgan fingerprint density at radius 3 is 2.60 bits per heavy atom. The number of para-hydroxylation sites is 1. The molecule has 25 heavy (non-hydrogen) atoms. The number of carbonyl (C=O) groups excluding carboxylic acids is 1. The minimum absolute atomic E-state index is 0.135. The summed E-state index contributed by atoms with van der Waals surface area (Å²) in [6.45, 7) is 0.580. The third-order valence-corrected chi connectivity index (χ3v) is 3.60. The van der Waals surface area contributed by atoms with Gasteiger partial charge in [0.05, 0.1) is 0 Å². The number of amides is 1. The molecule has 0 radical (unpaired) electrons. The van der Waals surface area contributed by atoms with Gasteiger partial charge in [-0.1, -0.05) is 30.3 Å². The number of anilines is 1. The van der Waals surface area contributed by atoms with Crippen LogP contribution in [0, 0.1) is 0 Å². The van der Waals surface area contributed by atoms with Crippen molar-refractivity contribution >= 4 is 11.7 Å². The molecule has 0 atom stereocenters. The van der Waals surface area contributed by atoms with E-state index in [1.807, 2.05) is 54.6 Å². The predicted octanol–water partition coefficient (Wildman–Crippen LogP) is 3.85. The Bertz CT molecular complexity index is 850. The zero-order chi connectivity index (χ0) is 17.5. The summed E-state index contributed by atoms with van der Waals surface area (Å²) < 4.78 is 5.84. The molecule has 0 unspecified atom stereocenters. The van der Waals surface area contributed by atoms with Crippen molar-refractivity contribution in [2.45, 2.75) is 6.54 Å². The van der Waals surface area contributed by atoms with Gasteiger partial charge >= 0.3 is 0 Å². The van der Waals surface area contributed by atoms with E-state index in [9.17, 15) is 4.79 Å². The zero-order valence-corrected chi connectivity index (χ0v) is 13.9. The number of benzene rings is 2. The van der Waals surface area contributed by atoms with E-state index in [0.29, 0.717) is 17.9 Å². The fraction of sp³-hybridized carbons (Fsp3) is 0.100. The summed E-state index contributed by atoms with van der Waals surface area (Å²) in [4.78, 5) is 15.9. The van der Waals surface area contributed by atoms with Gasteiger partial charge in [0.1, 0.15) is 17.3 Å². The van der Waals surface area contributed by atoms with Gasteiger partial charge in [0.2, 0.25) is 0 Å². The summed E-state index contributed by atoms with van der Waals surface area (Å²) in [7, 11) is 1.61. The molecule has 2 aromatic carbocycles. The fourth-order valence-corrected chi connectivity index (χ4v) is 2.35. The first kappa shape index (κ1) is 16.5. The second-order valence-corrected chi connectivity index (χ2v) is 5.42. The molecular weight excluding hydrogens is 314 g/mol. The summed E-state index contributed by atoms with van der Waals surface area (Å²) in [5.74, 6) is 2.09. The third kappa shape index (κ3) is 4.57. The van der Waals surface area contributed by atoms with Crippen molar-refractivity contribution in [3.63, 3.8) is 0 Å². The lowest BCUT2D eigenvalue weighted by molar-refractivity contribution is 0.0963. The molecule has 1 heterocycles. The lowest BCUT2D eigenvalue weighted by Gasteiger charge is -2.09. The molecule has 0 aliphatic carbocycles. The van der Waals surface area contributed by atoms with Gasteiger partial charge in [-0.3, -0.25) is 4.79 Å². The van der Waals surface area contributed by atoms with Gasteiger partial charge in [-0.05, 0) is 42.0 Å². The van der Waals surface area contributed by atoms with E-state index >= 15 is 0 Å². The van der Waals surface area contributed by atoms with Gasteiger partial charge in [-0.2, -0.15) is 0 Å². The van der Waals surface area contributed by atoms with Crippen LogP contribution in [-0.4, -0.2) is 17.9 Å². The minimum atomic E-state index is -0.135. The lowest BCUT2D eigenvalue weighted by atomic mass is 10.2. The van der Waals surface area contributed by atoms with E-state index in [1.165, 1.54) is 0 Å². The SMILES string of the molecule is CNC(=O)c1ccnc(NCc2cccc(Oc3ccccc3)c2)c1. The van der Waals surface area contributed by atoms with Crippen LogP contribution in [0.25, 0.3) is 0 Å². The molecule has 0 fully saturated rings. The standard InChI is InChI=1S/C20H19N3O2/c1-21-20(24)16-10-11-22-19(13-16)23-14-15-6-5-9-18(12-15)25-17-7-3-2-4-8-17/h2-13H,14H2,1H3,(H,21,24)(H,22,23). The van der Waals surface area contributed by atoms with Crippen LogP contribution >= 0.6 is 0 Å². The summed E-state index contributed by atoms with van der Waals surface area (Å²) in [6, 6.07) is 20.9. The fourth-order valence-electron chi connectivity index (χ4n) is 2.35. The molecule has 2 N–H and O–H groups in total. The van der Waals surface area contributed by atoms with Crippen LogP contribution in [0.15, 0.2) is 72.9 Å². The average molecular weight is 333 g/mol. The molecule has 3 aromatic rings. The maximum atomic E-state index is 11.7. The molecular formula is C20H19N3O2. The molecule has 5 heteroatoms. The lowest BCUT2D eigenvalue weighted by Crippen LogP contribution is -2.18. The highest BCUT2D eigenvalue weighted by atomic mass is 16.5. The maximum Gasteiger partial charge on any atom is 0.251 e. The van der Waals surface area contributed by atoms with Gasteiger partial charge in [-0.25, -0.2) is 4.98 Å². The van der Waals surface area contributed by atoms with E-state index in [0.717, 1.165) is 17.1 Å². The number of ether oxygens (including phenoxy) is 1. The van der Waals surface area contributed by atoms with E-state index in [1.54, 1.807) is 25.4 Å². The average Bonchev–Trinajstić information content (AvgIpc) is 2.67. The van der Waals surface area contributed by atoms with Crippen molar-refractivity contribution in [3.05, 3.63) is 84.1 Å². The smallest absolute Gasteiger partial charge is 0.251 e. The molecule has 1 amide bonds. The van der Waals surface area contributed by atoms with Gasteiger partial charge in [0, 0.05) is 25.4 Å². The monoisotopic (exact) mass is 333 g/mol.